The Morgan fingerprint density at radius 3 is 2.62 bits per heavy atom. The summed E-state index contributed by atoms with van der Waals surface area (Å²) >= 11 is 5.96. The second-order valence-electron chi connectivity index (χ2n) is 6.85. The van der Waals surface area contributed by atoms with Crippen molar-refractivity contribution in [3.8, 4) is 0 Å². The predicted octanol–water partition coefficient (Wildman–Crippen LogP) is 2.67. The molecule has 0 spiro atoms. The van der Waals surface area contributed by atoms with E-state index in [1.165, 1.54) is 9.80 Å². The molecule has 6 nitrogen and oxygen atoms in total. The highest BCUT2D eigenvalue weighted by molar-refractivity contribution is 6.30. The summed E-state index contributed by atoms with van der Waals surface area (Å²) in [5.41, 5.74) is -0.0763. The third-order valence-corrected chi connectivity index (χ3v) is 4.01. The lowest BCUT2D eigenvalue weighted by Crippen LogP contribution is -2.51. The minimum Gasteiger partial charge on any atom is -0.444 e. The van der Waals surface area contributed by atoms with E-state index in [4.69, 9.17) is 16.3 Å². The zero-order valence-electron chi connectivity index (χ0n) is 14.3. The molecule has 0 aliphatic carbocycles. The van der Waals surface area contributed by atoms with Crippen LogP contribution in [-0.4, -0.2) is 53.3 Å². The van der Waals surface area contributed by atoms with E-state index < -0.39 is 23.8 Å². The smallest absolute Gasteiger partial charge is 0.411 e. The highest BCUT2D eigenvalue weighted by Gasteiger charge is 2.44. The fourth-order valence-corrected chi connectivity index (χ4v) is 2.79. The number of ether oxygens (including phenoxy) is 1. The Morgan fingerprint density at radius 2 is 2.04 bits per heavy atom. The number of carbonyl (C=O) groups excluding carboxylic acids is 2. The molecule has 1 heterocycles. The lowest BCUT2D eigenvalue weighted by Gasteiger charge is -2.31. The lowest BCUT2D eigenvalue weighted by molar-refractivity contribution is -0.125. The number of amides is 2. The molecule has 1 N–H and O–H groups in total. The maximum atomic E-state index is 12.8. The number of rotatable bonds is 2. The Kier molecular flexibility index (Phi) is 5.40. The van der Waals surface area contributed by atoms with Crippen LogP contribution in [-0.2, 0) is 9.53 Å². The average Bonchev–Trinajstić information content (AvgIpc) is 2.86. The van der Waals surface area contributed by atoms with Crippen molar-refractivity contribution in [2.45, 2.75) is 44.9 Å². The van der Waals surface area contributed by atoms with Crippen molar-refractivity contribution in [2.75, 3.05) is 18.5 Å². The van der Waals surface area contributed by atoms with Crippen LogP contribution in [0.2, 0.25) is 5.02 Å². The van der Waals surface area contributed by atoms with Crippen molar-refractivity contribution >= 4 is 29.3 Å². The standard InChI is InChI=1S/C17H23ClN2O4/c1-17(2,3)24-16(23)20-9-8-13(21)14(20)15(22)19(4)12-7-5-6-11(18)10-12/h5-7,10,13-14,21H,8-9H2,1-4H3/t13-,14-/m0/s1. The summed E-state index contributed by atoms with van der Waals surface area (Å²) < 4.78 is 5.34. The third-order valence-electron chi connectivity index (χ3n) is 3.77. The van der Waals surface area contributed by atoms with Crippen molar-refractivity contribution < 1.29 is 19.4 Å². The monoisotopic (exact) mass is 354 g/mol. The fraction of sp³-hybridized carbons (Fsp3) is 0.529. The number of aliphatic hydroxyl groups is 1. The molecular formula is C17H23ClN2O4. The number of hydrogen-bond acceptors (Lipinski definition) is 4. The Hall–Kier alpha value is -1.79. The molecule has 1 fully saturated rings. The Labute approximate surface area is 146 Å². The highest BCUT2D eigenvalue weighted by Crippen LogP contribution is 2.26. The molecule has 2 rings (SSSR count). The molecule has 0 aromatic heterocycles. The van der Waals surface area contributed by atoms with Crippen molar-refractivity contribution in [2.24, 2.45) is 0 Å². The quantitative estimate of drug-likeness (QED) is 0.886. The van der Waals surface area contributed by atoms with Gasteiger partial charge in [-0.15, -0.1) is 0 Å². The molecule has 7 heteroatoms. The predicted molar refractivity (Wildman–Crippen MR) is 92.2 cm³/mol. The molecule has 1 aliphatic heterocycles. The molecule has 1 aliphatic rings. The van der Waals surface area contributed by atoms with Crippen molar-refractivity contribution in [3.05, 3.63) is 29.3 Å². The van der Waals surface area contributed by atoms with Crippen LogP contribution < -0.4 is 4.90 Å². The number of hydrogen-bond donors (Lipinski definition) is 1. The molecule has 1 saturated heterocycles. The van der Waals surface area contributed by atoms with Gasteiger partial charge in [0.15, 0.2) is 0 Å². The van der Waals surface area contributed by atoms with Gasteiger partial charge < -0.3 is 14.7 Å². The summed E-state index contributed by atoms with van der Waals surface area (Å²) in [7, 11) is 1.59. The largest absolute Gasteiger partial charge is 0.444 e. The number of halogens is 1. The first-order valence-corrected chi connectivity index (χ1v) is 8.19. The summed E-state index contributed by atoms with van der Waals surface area (Å²) in [4.78, 5) is 27.8. The van der Waals surface area contributed by atoms with Gasteiger partial charge in [0, 0.05) is 24.3 Å². The number of aliphatic hydroxyl groups excluding tert-OH is 1. The van der Waals surface area contributed by atoms with E-state index in [1.54, 1.807) is 52.1 Å². The number of anilines is 1. The third kappa shape index (κ3) is 4.19. The first-order chi connectivity index (χ1) is 11.1. The van der Waals surface area contributed by atoms with E-state index in [9.17, 15) is 14.7 Å². The van der Waals surface area contributed by atoms with Gasteiger partial charge in [-0.2, -0.15) is 0 Å². The average molecular weight is 355 g/mol. The molecule has 2 amide bonds. The summed E-state index contributed by atoms with van der Waals surface area (Å²) in [6.07, 6.45) is -1.19. The highest BCUT2D eigenvalue weighted by atomic mass is 35.5. The molecule has 0 saturated carbocycles. The Balaban J connectivity index is 2.20. The van der Waals surface area contributed by atoms with Gasteiger partial charge in [0.05, 0.1) is 6.10 Å². The van der Waals surface area contributed by atoms with Crippen molar-refractivity contribution in [1.29, 1.82) is 0 Å². The summed E-state index contributed by atoms with van der Waals surface area (Å²) in [6, 6.07) is 5.87. The van der Waals surface area contributed by atoms with Gasteiger partial charge in [-0.05, 0) is 45.4 Å². The van der Waals surface area contributed by atoms with Crippen LogP contribution in [0.5, 0.6) is 0 Å². The van der Waals surface area contributed by atoms with Crippen molar-refractivity contribution in [1.82, 2.24) is 4.90 Å². The van der Waals surface area contributed by atoms with Crippen LogP contribution in [0.25, 0.3) is 0 Å². The first kappa shape index (κ1) is 18.5. The molecule has 2 atom stereocenters. The zero-order chi connectivity index (χ0) is 18.1. The SMILES string of the molecule is CN(C(=O)[C@@H]1[C@@H](O)CCN1C(=O)OC(C)(C)C)c1cccc(Cl)c1. The fourth-order valence-electron chi connectivity index (χ4n) is 2.61. The van der Waals surface area contributed by atoms with E-state index in [0.717, 1.165) is 0 Å². The van der Waals surface area contributed by atoms with Crippen LogP contribution >= 0.6 is 11.6 Å². The molecule has 1 aromatic carbocycles. The van der Waals surface area contributed by atoms with Gasteiger partial charge in [0.25, 0.3) is 5.91 Å². The molecule has 24 heavy (non-hydrogen) atoms. The van der Waals surface area contributed by atoms with E-state index in [-0.39, 0.29) is 12.5 Å². The maximum absolute atomic E-state index is 12.8. The van der Waals surface area contributed by atoms with Crippen molar-refractivity contribution in [3.63, 3.8) is 0 Å². The van der Waals surface area contributed by atoms with Gasteiger partial charge in [-0.1, -0.05) is 17.7 Å². The number of benzene rings is 1. The van der Waals surface area contributed by atoms with Gasteiger partial charge in [-0.25, -0.2) is 4.79 Å². The summed E-state index contributed by atoms with van der Waals surface area (Å²) in [5, 5.41) is 10.7. The number of likely N-dealkylation sites (tertiary alicyclic amines) is 1. The normalized spacial score (nSPS) is 20.8. The summed E-state index contributed by atoms with van der Waals surface area (Å²) in [6.45, 7) is 5.54. The van der Waals surface area contributed by atoms with E-state index >= 15 is 0 Å². The topological polar surface area (TPSA) is 70.1 Å². The van der Waals surface area contributed by atoms with Crippen LogP contribution in [0.1, 0.15) is 27.2 Å². The van der Waals surface area contributed by atoms with Crippen LogP contribution in [0, 0.1) is 0 Å². The molecule has 1 aromatic rings. The van der Waals surface area contributed by atoms with E-state index in [2.05, 4.69) is 0 Å². The van der Waals surface area contributed by atoms with E-state index in [1.807, 2.05) is 0 Å². The first-order valence-electron chi connectivity index (χ1n) is 7.81. The lowest BCUT2D eigenvalue weighted by atomic mass is 10.1. The minimum absolute atomic E-state index is 0.274. The number of likely N-dealkylation sites (N-methyl/N-ethyl adjacent to an activating group) is 1. The minimum atomic E-state index is -0.969. The summed E-state index contributed by atoms with van der Waals surface area (Å²) in [5.74, 6) is -0.381. The van der Waals surface area contributed by atoms with Gasteiger partial charge >= 0.3 is 6.09 Å². The zero-order valence-corrected chi connectivity index (χ0v) is 15.1. The Bertz CT molecular complexity index is 629. The van der Waals surface area contributed by atoms with Crippen LogP contribution in [0.3, 0.4) is 0 Å². The second-order valence-corrected chi connectivity index (χ2v) is 7.29. The number of nitrogens with zero attached hydrogens (tertiary/aromatic N) is 2. The molecular weight excluding hydrogens is 332 g/mol. The van der Waals surface area contributed by atoms with Crippen LogP contribution in [0.15, 0.2) is 24.3 Å². The van der Waals surface area contributed by atoms with E-state index in [0.29, 0.717) is 17.1 Å². The molecule has 0 radical (unpaired) electrons. The maximum Gasteiger partial charge on any atom is 0.411 e. The van der Waals surface area contributed by atoms with Gasteiger partial charge in [0.2, 0.25) is 0 Å². The van der Waals surface area contributed by atoms with Gasteiger partial charge in [0.1, 0.15) is 11.6 Å². The molecule has 0 bridgehead atoms. The second kappa shape index (κ2) is 6.99. The van der Waals surface area contributed by atoms with Crippen LogP contribution in [0.4, 0.5) is 10.5 Å². The Morgan fingerprint density at radius 1 is 1.38 bits per heavy atom. The number of carbonyl (C=O) groups is 2. The van der Waals surface area contributed by atoms with Gasteiger partial charge in [-0.3, -0.25) is 9.69 Å². The molecule has 0 unspecified atom stereocenters. The molecule has 132 valence electrons.